The van der Waals surface area contributed by atoms with Crippen molar-refractivity contribution in [2.24, 2.45) is 0 Å². The molecule has 0 unspecified atom stereocenters. The molecule has 8 heteroatoms. The molecule has 0 spiro atoms. The third kappa shape index (κ3) is 5.53. The average molecular weight is 425 g/mol. The molecule has 2 aromatic carbocycles. The number of halogens is 2. The molecule has 0 saturated carbocycles. The fraction of sp³-hybridized carbons (Fsp3) is 0.300. The minimum Gasteiger partial charge on any atom is -0.496 e. The molecule has 1 N–H and O–H groups in total. The minimum atomic E-state index is -0.366. The summed E-state index contributed by atoms with van der Waals surface area (Å²) in [6.07, 6.45) is 0. The van der Waals surface area contributed by atoms with Crippen molar-refractivity contribution in [3.8, 4) is 11.5 Å². The van der Waals surface area contributed by atoms with Gasteiger partial charge in [0, 0.05) is 23.8 Å². The van der Waals surface area contributed by atoms with Crippen LogP contribution in [0.25, 0.3) is 0 Å². The molecule has 28 heavy (non-hydrogen) atoms. The number of hydrogen-bond donors (Lipinski definition) is 1. The van der Waals surface area contributed by atoms with E-state index in [0.29, 0.717) is 40.9 Å². The SMILES string of the molecule is CCN(CC)C(=O)COc1ccc(NC(=O)c2ccc(Cl)cc2OC)cc1Cl. The van der Waals surface area contributed by atoms with E-state index in [1.54, 1.807) is 41.3 Å². The standard InChI is InChI=1S/C20H22Cl2N2O4/c1-4-24(5-2)19(25)12-28-17-9-7-14(11-16(17)22)23-20(26)15-8-6-13(21)10-18(15)27-3/h6-11H,4-5,12H2,1-3H3,(H,23,26). The maximum absolute atomic E-state index is 12.5. The van der Waals surface area contributed by atoms with Crippen LogP contribution < -0.4 is 14.8 Å². The first kappa shape index (κ1) is 21.9. The minimum absolute atomic E-state index is 0.102. The topological polar surface area (TPSA) is 67.9 Å². The molecule has 0 aromatic heterocycles. The van der Waals surface area contributed by atoms with E-state index in [0.717, 1.165) is 0 Å². The van der Waals surface area contributed by atoms with Crippen molar-refractivity contribution in [2.45, 2.75) is 13.8 Å². The third-order valence-corrected chi connectivity index (χ3v) is 4.60. The highest BCUT2D eigenvalue weighted by atomic mass is 35.5. The van der Waals surface area contributed by atoms with E-state index in [1.807, 2.05) is 13.8 Å². The van der Waals surface area contributed by atoms with E-state index >= 15 is 0 Å². The maximum Gasteiger partial charge on any atom is 0.260 e. The maximum atomic E-state index is 12.5. The Morgan fingerprint density at radius 1 is 1.04 bits per heavy atom. The van der Waals surface area contributed by atoms with Crippen LogP contribution in [-0.2, 0) is 4.79 Å². The number of carbonyl (C=O) groups excluding carboxylic acids is 2. The van der Waals surface area contributed by atoms with E-state index in [-0.39, 0.29) is 23.4 Å². The fourth-order valence-corrected chi connectivity index (χ4v) is 2.95. The highest BCUT2D eigenvalue weighted by Gasteiger charge is 2.15. The van der Waals surface area contributed by atoms with E-state index in [1.165, 1.54) is 7.11 Å². The fourth-order valence-electron chi connectivity index (χ4n) is 2.55. The Morgan fingerprint density at radius 3 is 2.36 bits per heavy atom. The van der Waals surface area contributed by atoms with Crippen molar-refractivity contribution in [3.05, 3.63) is 52.0 Å². The van der Waals surface area contributed by atoms with Gasteiger partial charge in [-0.25, -0.2) is 0 Å². The van der Waals surface area contributed by atoms with Gasteiger partial charge in [0.25, 0.3) is 11.8 Å². The molecule has 2 aromatic rings. The Kier molecular flexibility index (Phi) is 7.96. The second-order valence-corrected chi connectivity index (χ2v) is 6.64. The predicted molar refractivity (Wildman–Crippen MR) is 111 cm³/mol. The lowest BCUT2D eigenvalue weighted by Gasteiger charge is -2.19. The van der Waals surface area contributed by atoms with Crippen molar-refractivity contribution < 1.29 is 19.1 Å². The molecule has 0 aliphatic heterocycles. The summed E-state index contributed by atoms with van der Waals surface area (Å²) in [5.74, 6) is 0.249. The molecule has 0 aliphatic rings. The Balaban J connectivity index is 2.06. The molecule has 150 valence electrons. The van der Waals surface area contributed by atoms with Crippen molar-refractivity contribution >= 4 is 40.7 Å². The molecule has 0 radical (unpaired) electrons. The van der Waals surface area contributed by atoms with Gasteiger partial charge >= 0.3 is 0 Å². The van der Waals surface area contributed by atoms with Crippen LogP contribution >= 0.6 is 23.2 Å². The second kappa shape index (κ2) is 10.2. The monoisotopic (exact) mass is 424 g/mol. The zero-order chi connectivity index (χ0) is 20.7. The average Bonchev–Trinajstić information content (AvgIpc) is 2.68. The summed E-state index contributed by atoms with van der Waals surface area (Å²) in [7, 11) is 1.46. The molecular weight excluding hydrogens is 403 g/mol. The van der Waals surface area contributed by atoms with E-state index in [2.05, 4.69) is 5.32 Å². The Hall–Kier alpha value is -2.44. The van der Waals surface area contributed by atoms with E-state index in [9.17, 15) is 9.59 Å². The van der Waals surface area contributed by atoms with Gasteiger partial charge in [0.05, 0.1) is 17.7 Å². The molecule has 6 nitrogen and oxygen atoms in total. The number of nitrogens with one attached hydrogen (secondary N) is 1. The first-order valence-electron chi connectivity index (χ1n) is 8.74. The second-order valence-electron chi connectivity index (χ2n) is 5.80. The lowest BCUT2D eigenvalue weighted by atomic mass is 10.2. The summed E-state index contributed by atoms with van der Waals surface area (Å²) in [6.45, 7) is 4.94. The first-order valence-corrected chi connectivity index (χ1v) is 9.50. The van der Waals surface area contributed by atoms with Gasteiger partial charge in [-0.1, -0.05) is 23.2 Å². The largest absolute Gasteiger partial charge is 0.496 e. The van der Waals surface area contributed by atoms with Gasteiger partial charge in [-0.2, -0.15) is 0 Å². The van der Waals surface area contributed by atoms with Gasteiger partial charge in [-0.05, 0) is 50.2 Å². The molecule has 2 rings (SSSR count). The molecule has 0 atom stereocenters. The lowest BCUT2D eigenvalue weighted by Crippen LogP contribution is -2.34. The van der Waals surface area contributed by atoms with Crippen LogP contribution in [0.15, 0.2) is 36.4 Å². The number of nitrogens with zero attached hydrogens (tertiary/aromatic N) is 1. The normalized spacial score (nSPS) is 10.3. The number of rotatable bonds is 8. The Labute approximate surface area is 174 Å². The molecule has 0 aliphatic carbocycles. The van der Waals surface area contributed by atoms with Crippen molar-refractivity contribution in [1.29, 1.82) is 0 Å². The zero-order valence-electron chi connectivity index (χ0n) is 15.9. The highest BCUT2D eigenvalue weighted by Crippen LogP contribution is 2.29. The third-order valence-electron chi connectivity index (χ3n) is 4.07. The summed E-state index contributed by atoms with van der Waals surface area (Å²) in [4.78, 5) is 26.2. The van der Waals surface area contributed by atoms with Crippen LogP contribution in [0.2, 0.25) is 10.0 Å². The zero-order valence-corrected chi connectivity index (χ0v) is 17.4. The summed E-state index contributed by atoms with van der Waals surface area (Å²) >= 11 is 12.1. The molecule has 0 fully saturated rings. The molecular formula is C20H22Cl2N2O4. The summed E-state index contributed by atoms with van der Waals surface area (Å²) in [5.41, 5.74) is 0.822. The van der Waals surface area contributed by atoms with Gasteiger partial charge in [-0.15, -0.1) is 0 Å². The number of hydrogen-bond acceptors (Lipinski definition) is 4. The Bertz CT molecular complexity index is 854. The van der Waals surface area contributed by atoms with Gasteiger partial charge < -0.3 is 19.7 Å². The molecule has 0 heterocycles. The highest BCUT2D eigenvalue weighted by molar-refractivity contribution is 6.32. The quantitative estimate of drug-likeness (QED) is 0.676. The van der Waals surface area contributed by atoms with Crippen LogP contribution in [0.5, 0.6) is 11.5 Å². The van der Waals surface area contributed by atoms with Crippen LogP contribution in [-0.4, -0.2) is 43.5 Å². The number of carbonyl (C=O) groups is 2. The smallest absolute Gasteiger partial charge is 0.260 e. The lowest BCUT2D eigenvalue weighted by molar-refractivity contribution is -0.132. The number of anilines is 1. The molecule has 0 saturated heterocycles. The number of likely N-dealkylation sites (N-methyl/N-ethyl adjacent to an activating group) is 1. The van der Waals surface area contributed by atoms with E-state index in [4.69, 9.17) is 32.7 Å². The first-order chi connectivity index (χ1) is 13.4. The number of methoxy groups -OCH3 is 1. The number of benzene rings is 2. The van der Waals surface area contributed by atoms with Crippen LogP contribution in [0, 0.1) is 0 Å². The van der Waals surface area contributed by atoms with Gasteiger partial charge in [-0.3, -0.25) is 9.59 Å². The van der Waals surface area contributed by atoms with Crippen LogP contribution in [0.1, 0.15) is 24.2 Å². The van der Waals surface area contributed by atoms with Crippen molar-refractivity contribution in [2.75, 3.05) is 32.1 Å². The Morgan fingerprint density at radius 2 is 1.75 bits per heavy atom. The van der Waals surface area contributed by atoms with Gasteiger partial charge in [0.1, 0.15) is 11.5 Å². The summed E-state index contributed by atoms with van der Waals surface area (Å²) in [5, 5.41) is 3.50. The number of ether oxygens (including phenoxy) is 2. The van der Waals surface area contributed by atoms with E-state index < -0.39 is 0 Å². The number of amides is 2. The predicted octanol–water partition coefficient (Wildman–Crippen LogP) is 4.50. The molecule has 0 bridgehead atoms. The van der Waals surface area contributed by atoms with Gasteiger partial charge in [0.2, 0.25) is 0 Å². The van der Waals surface area contributed by atoms with Crippen LogP contribution in [0.4, 0.5) is 5.69 Å². The van der Waals surface area contributed by atoms with Crippen LogP contribution in [0.3, 0.4) is 0 Å². The summed E-state index contributed by atoms with van der Waals surface area (Å²) in [6, 6.07) is 9.55. The van der Waals surface area contributed by atoms with Crippen molar-refractivity contribution in [3.63, 3.8) is 0 Å². The van der Waals surface area contributed by atoms with Crippen molar-refractivity contribution in [1.82, 2.24) is 4.90 Å². The summed E-state index contributed by atoms with van der Waals surface area (Å²) < 4.78 is 10.7. The van der Waals surface area contributed by atoms with Gasteiger partial charge in [0.15, 0.2) is 6.61 Å². The molecule has 2 amide bonds.